The number of nitrogens with one attached hydrogen (secondary N) is 2. The summed E-state index contributed by atoms with van der Waals surface area (Å²) in [5.41, 5.74) is 1.38. The van der Waals surface area contributed by atoms with Gasteiger partial charge in [-0.05, 0) is 25.5 Å². The monoisotopic (exact) mass is 287 g/mol. The van der Waals surface area contributed by atoms with Gasteiger partial charge in [0.15, 0.2) is 0 Å². The minimum absolute atomic E-state index is 0.0170. The number of carbonyl (C=O) groups excluding carboxylic acids is 1. The molecule has 2 rings (SSSR count). The lowest BCUT2D eigenvalue weighted by atomic mass is 10.2. The Bertz CT molecular complexity index is 567. The first-order chi connectivity index (χ1) is 10.2. The largest absolute Gasteiger partial charge is 0.384 e. The van der Waals surface area contributed by atoms with Crippen LogP contribution in [-0.2, 0) is 6.54 Å². The van der Waals surface area contributed by atoms with E-state index in [4.69, 9.17) is 0 Å². The zero-order valence-corrected chi connectivity index (χ0v) is 12.4. The van der Waals surface area contributed by atoms with Crippen LogP contribution < -0.4 is 10.6 Å². The van der Waals surface area contributed by atoms with E-state index in [0.717, 1.165) is 18.7 Å². The Labute approximate surface area is 124 Å². The van der Waals surface area contributed by atoms with E-state index in [1.54, 1.807) is 23.3 Å². The van der Waals surface area contributed by atoms with Crippen molar-refractivity contribution >= 4 is 11.6 Å². The summed E-state index contributed by atoms with van der Waals surface area (Å²) >= 11 is 0. The molecule has 2 aromatic rings. The molecule has 21 heavy (non-hydrogen) atoms. The third-order valence-corrected chi connectivity index (χ3v) is 3.03. The quantitative estimate of drug-likeness (QED) is 0.816. The van der Waals surface area contributed by atoms with E-state index in [-0.39, 0.29) is 11.9 Å². The molecule has 0 bridgehead atoms. The number of nitrogens with zero attached hydrogens (tertiary/aromatic N) is 3. The zero-order chi connectivity index (χ0) is 15.1. The zero-order valence-electron chi connectivity index (χ0n) is 12.4. The molecular weight excluding hydrogens is 266 g/mol. The number of pyridine rings is 1. The number of carbonyl (C=O) groups is 1. The molecule has 0 aromatic carbocycles. The van der Waals surface area contributed by atoms with Crippen molar-refractivity contribution in [3.05, 3.63) is 42.5 Å². The molecule has 2 N–H and O–H groups in total. The predicted octanol–water partition coefficient (Wildman–Crippen LogP) is 1.92. The van der Waals surface area contributed by atoms with Crippen molar-refractivity contribution in [3.8, 4) is 0 Å². The lowest BCUT2D eigenvalue weighted by Crippen LogP contribution is -2.36. The van der Waals surface area contributed by atoms with Gasteiger partial charge in [0.05, 0.1) is 17.8 Å². The molecule has 6 heteroatoms. The molecule has 2 heterocycles. The number of anilines is 1. The van der Waals surface area contributed by atoms with E-state index < -0.39 is 0 Å². The molecule has 0 saturated carbocycles. The van der Waals surface area contributed by atoms with Crippen LogP contribution >= 0.6 is 0 Å². The maximum Gasteiger partial charge on any atom is 0.255 e. The minimum atomic E-state index is -0.124. The summed E-state index contributed by atoms with van der Waals surface area (Å²) < 4.78 is 1.80. The molecule has 1 atom stereocenters. The number of amides is 1. The average molecular weight is 287 g/mol. The lowest BCUT2D eigenvalue weighted by Gasteiger charge is -2.16. The van der Waals surface area contributed by atoms with Crippen LogP contribution in [0.3, 0.4) is 0 Å². The number of hydrogen-bond donors (Lipinski definition) is 2. The first-order valence-corrected chi connectivity index (χ1v) is 7.17. The van der Waals surface area contributed by atoms with Gasteiger partial charge >= 0.3 is 0 Å². The molecule has 1 unspecified atom stereocenters. The van der Waals surface area contributed by atoms with Gasteiger partial charge in [-0.25, -0.2) is 0 Å². The molecule has 1 amide bonds. The number of hydrogen-bond acceptors (Lipinski definition) is 4. The van der Waals surface area contributed by atoms with Gasteiger partial charge in [-0.3, -0.25) is 14.5 Å². The predicted molar refractivity (Wildman–Crippen MR) is 82.2 cm³/mol. The van der Waals surface area contributed by atoms with E-state index in [2.05, 4.69) is 27.6 Å². The van der Waals surface area contributed by atoms with Crippen molar-refractivity contribution in [2.75, 3.05) is 11.9 Å². The molecule has 2 aromatic heterocycles. The van der Waals surface area contributed by atoms with Crippen molar-refractivity contribution in [1.82, 2.24) is 20.1 Å². The minimum Gasteiger partial charge on any atom is -0.384 e. The Kier molecular flexibility index (Phi) is 5.31. The first-order valence-electron chi connectivity index (χ1n) is 7.17. The third kappa shape index (κ3) is 4.30. The molecule has 0 aliphatic heterocycles. The van der Waals surface area contributed by atoms with Gasteiger partial charge in [0.25, 0.3) is 5.91 Å². The van der Waals surface area contributed by atoms with Crippen molar-refractivity contribution in [2.45, 2.75) is 32.9 Å². The summed E-state index contributed by atoms with van der Waals surface area (Å²) in [6.45, 7) is 5.50. The third-order valence-electron chi connectivity index (χ3n) is 3.03. The van der Waals surface area contributed by atoms with Crippen molar-refractivity contribution in [3.63, 3.8) is 0 Å². The second-order valence-corrected chi connectivity index (χ2v) is 4.95. The number of rotatable bonds is 7. The van der Waals surface area contributed by atoms with Gasteiger partial charge in [0.2, 0.25) is 0 Å². The highest BCUT2D eigenvalue weighted by Crippen LogP contribution is 2.13. The summed E-state index contributed by atoms with van der Waals surface area (Å²) in [4.78, 5) is 16.4. The summed E-state index contributed by atoms with van der Waals surface area (Å²) in [7, 11) is 0. The number of aromatic nitrogens is 3. The smallest absolute Gasteiger partial charge is 0.255 e. The van der Waals surface area contributed by atoms with Crippen molar-refractivity contribution in [2.24, 2.45) is 0 Å². The second kappa shape index (κ2) is 7.42. The van der Waals surface area contributed by atoms with E-state index >= 15 is 0 Å². The lowest BCUT2D eigenvalue weighted by molar-refractivity contribution is 0.0936. The highest BCUT2D eigenvalue weighted by atomic mass is 16.1. The van der Waals surface area contributed by atoms with Crippen LogP contribution in [0.15, 0.2) is 36.9 Å². The van der Waals surface area contributed by atoms with Crippen LogP contribution in [0.1, 0.15) is 30.6 Å². The SMILES string of the molecule is CCCNc1ccncc1C(=O)NC(C)Cn1cccn1. The molecule has 0 radical (unpaired) electrons. The molecule has 0 saturated heterocycles. The second-order valence-electron chi connectivity index (χ2n) is 4.95. The highest BCUT2D eigenvalue weighted by molar-refractivity contribution is 5.99. The fourth-order valence-corrected chi connectivity index (χ4v) is 2.03. The Balaban J connectivity index is 1.99. The van der Waals surface area contributed by atoms with Crippen LogP contribution in [-0.4, -0.2) is 33.3 Å². The summed E-state index contributed by atoms with van der Waals surface area (Å²) in [6, 6.07) is 3.67. The van der Waals surface area contributed by atoms with E-state index in [0.29, 0.717) is 12.1 Å². The van der Waals surface area contributed by atoms with E-state index in [1.165, 1.54) is 0 Å². The summed E-state index contributed by atoms with van der Waals surface area (Å²) in [5, 5.41) is 10.4. The molecule has 0 fully saturated rings. The molecule has 0 aliphatic rings. The van der Waals surface area contributed by atoms with Gasteiger partial charge in [-0.15, -0.1) is 0 Å². The summed E-state index contributed by atoms with van der Waals surface area (Å²) in [5.74, 6) is -0.124. The summed E-state index contributed by atoms with van der Waals surface area (Å²) in [6.07, 6.45) is 7.87. The van der Waals surface area contributed by atoms with Gasteiger partial charge in [0.1, 0.15) is 0 Å². The van der Waals surface area contributed by atoms with Crippen LogP contribution in [0.4, 0.5) is 5.69 Å². The Morgan fingerprint density at radius 3 is 3.00 bits per heavy atom. The van der Waals surface area contributed by atoms with Crippen molar-refractivity contribution < 1.29 is 4.79 Å². The van der Waals surface area contributed by atoms with Crippen molar-refractivity contribution in [1.29, 1.82) is 0 Å². The molecular formula is C15H21N5O. The van der Waals surface area contributed by atoms with Crippen LogP contribution in [0.2, 0.25) is 0 Å². The van der Waals surface area contributed by atoms with Gasteiger partial charge < -0.3 is 10.6 Å². The first kappa shape index (κ1) is 15.0. The van der Waals surface area contributed by atoms with Gasteiger partial charge in [-0.1, -0.05) is 6.92 Å². The molecule has 0 spiro atoms. The maximum absolute atomic E-state index is 12.3. The normalized spacial score (nSPS) is 11.9. The maximum atomic E-state index is 12.3. The van der Waals surface area contributed by atoms with Crippen LogP contribution in [0.25, 0.3) is 0 Å². The topological polar surface area (TPSA) is 71.8 Å². The Morgan fingerprint density at radius 2 is 2.29 bits per heavy atom. The average Bonchev–Trinajstić information content (AvgIpc) is 2.98. The fourth-order valence-electron chi connectivity index (χ4n) is 2.03. The molecule has 6 nitrogen and oxygen atoms in total. The Hall–Kier alpha value is -2.37. The van der Waals surface area contributed by atoms with E-state index in [9.17, 15) is 4.79 Å². The van der Waals surface area contributed by atoms with E-state index in [1.807, 2.05) is 25.3 Å². The van der Waals surface area contributed by atoms with Crippen LogP contribution in [0, 0.1) is 0 Å². The highest BCUT2D eigenvalue weighted by Gasteiger charge is 2.14. The molecule has 0 aliphatic carbocycles. The van der Waals surface area contributed by atoms with Gasteiger partial charge in [0, 0.05) is 37.4 Å². The standard InChI is InChI=1S/C15H21N5O/c1-3-6-17-14-5-8-16-10-13(14)15(21)19-12(2)11-20-9-4-7-18-20/h4-5,7-10,12H,3,6,11H2,1-2H3,(H,16,17)(H,19,21). The van der Waals surface area contributed by atoms with Gasteiger partial charge in [-0.2, -0.15) is 5.10 Å². The van der Waals surface area contributed by atoms with Crippen LogP contribution in [0.5, 0.6) is 0 Å². The Morgan fingerprint density at radius 1 is 1.43 bits per heavy atom. The molecule has 112 valence electrons. The fraction of sp³-hybridized carbons (Fsp3) is 0.400.